The third-order valence-corrected chi connectivity index (χ3v) is 3.49. The van der Waals surface area contributed by atoms with Gasteiger partial charge in [-0.25, -0.2) is 9.78 Å². The van der Waals surface area contributed by atoms with Crippen LogP contribution in [0.2, 0.25) is 0 Å². The van der Waals surface area contributed by atoms with Crippen LogP contribution in [0.4, 0.5) is 0 Å². The van der Waals surface area contributed by atoms with Crippen LogP contribution in [0, 0.1) is 6.92 Å². The van der Waals surface area contributed by atoms with Crippen LogP contribution in [0.25, 0.3) is 10.9 Å². The van der Waals surface area contributed by atoms with Gasteiger partial charge >= 0.3 is 5.97 Å². The lowest BCUT2D eigenvalue weighted by molar-refractivity contribution is 0.0588. The molecule has 106 valence electrons. The van der Waals surface area contributed by atoms with E-state index in [2.05, 4.69) is 9.97 Å². The minimum atomic E-state index is -0.385. The first kappa shape index (κ1) is 13.3. The Bertz CT molecular complexity index is 803. The van der Waals surface area contributed by atoms with Crippen LogP contribution >= 0.6 is 0 Å². The molecule has 0 radical (unpaired) electrons. The van der Waals surface area contributed by atoms with Crippen LogP contribution in [0.3, 0.4) is 0 Å². The number of pyridine rings is 1. The molecular weight excluding hydrogens is 266 g/mol. The number of esters is 1. The van der Waals surface area contributed by atoms with Gasteiger partial charge in [0.25, 0.3) is 0 Å². The van der Waals surface area contributed by atoms with E-state index < -0.39 is 0 Å². The number of aryl methyl sites for hydroxylation is 1. The second-order valence-electron chi connectivity index (χ2n) is 4.76. The van der Waals surface area contributed by atoms with Gasteiger partial charge in [0.2, 0.25) is 0 Å². The molecule has 0 amide bonds. The average Bonchev–Trinajstić information content (AvgIpc) is 2.88. The summed E-state index contributed by atoms with van der Waals surface area (Å²) in [5, 5.41) is 1.08. The molecule has 0 bridgehead atoms. The van der Waals surface area contributed by atoms with Crippen LogP contribution in [-0.4, -0.2) is 27.6 Å². The number of imidazole rings is 1. The molecule has 3 aromatic rings. The van der Waals surface area contributed by atoms with E-state index in [-0.39, 0.29) is 5.97 Å². The van der Waals surface area contributed by atoms with Crippen molar-refractivity contribution in [3.05, 3.63) is 59.8 Å². The molecule has 0 aliphatic rings. The molecule has 3 rings (SSSR count). The fraction of sp³-hybridized carbons (Fsp3) is 0.188. The number of para-hydroxylation sites is 1. The number of ether oxygens (including phenoxy) is 1. The fourth-order valence-corrected chi connectivity index (χ4v) is 2.40. The highest BCUT2D eigenvalue weighted by Crippen LogP contribution is 2.18. The Labute approximate surface area is 122 Å². The maximum atomic E-state index is 11.8. The Morgan fingerprint density at radius 3 is 2.86 bits per heavy atom. The minimum absolute atomic E-state index is 0.385. The van der Waals surface area contributed by atoms with Crippen LogP contribution < -0.4 is 0 Å². The van der Waals surface area contributed by atoms with Crippen LogP contribution in [-0.2, 0) is 11.3 Å². The molecule has 0 saturated carbocycles. The van der Waals surface area contributed by atoms with Gasteiger partial charge < -0.3 is 9.30 Å². The molecule has 1 aromatic carbocycles. The topological polar surface area (TPSA) is 57.0 Å². The molecule has 0 aliphatic carbocycles. The first-order valence-corrected chi connectivity index (χ1v) is 6.64. The molecular formula is C16H15N3O2. The van der Waals surface area contributed by atoms with Crippen molar-refractivity contribution in [2.75, 3.05) is 7.11 Å². The molecule has 0 aliphatic heterocycles. The third-order valence-electron chi connectivity index (χ3n) is 3.49. The van der Waals surface area contributed by atoms with Crippen molar-refractivity contribution in [3.8, 4) is 0 Å². The third kappa shape index (κ3) is 2.38. The summed E-state index contributed by atoms with van der Waals surface area (Å²) in [5.41, 5.74) is 2.42. The fourth-order valence-electron chi connectivity index (χ4n) is 2.40. The number of aromatic nitrogens is 3. The molecule has 0 fully saturated rings. The lowest BCUT2D eigenvalue weighted by Gasteiger charge is -2.11. The summed E-state index contributed by atoms with van der Waals surface area (Å²) in [7, 11) is 1.37. The number of fused-ring (bicyclic) bond motifs is 1. The van der Waals surface area contributed by atoms with Crippen molar-refractivity contribution in [1.82, 2.24) is 14.5 Å². The summed E-state index contributed by atoms with van der Waals surface area (Å²) in [5.74, 6) is 0.382. The lowest BCUT2D eigenvalue weighted by Crippen LogP contribution is -2.13. The number of nitrogens with zero attached hydrogens (tertiary/aromatic N) is 3. The standard InChI is InChI=1S/C16H15N3O2/c1-11-18-9-14(16(20)21-2)19(11)10-13-6-3-5-12-7-4-8-17-15(12)13/h3-9H,10H2,1-2H3. The lowest BCUT2D eigenvalue weighted by atomic mass is 10.1. The van der Waals surface area contributed by atoms with Gasteiger partial charge in [0, 0.05) is 11.6 Å². The van der Waals surface area contributed by atoms with E-state index in [4.69, 9.17) is 4.74 Å². The Morgan fingerprint density at radius 2 is 2.05 bits per heavy atom. The number of methoxy groups -OCH3 is 1. The van der Waals surface area contributed by atoms with Gasteiger partial charge in [-0.1, -0.05) is 24.3 Å². The number of hydrogen-bond donors (Lipinski definition) is 0. The van der Waals surface area contributed by atoms with Gasteiger partial charge in [-0.15, -0.1) is 0 Å². The molecule has 5 nitrogen and oxygen atoms in total. The molecule has 2 heterocycles. The second kappa shape index (κ2) is 5.36. The zero-order valence-corrected chi connectivity index (χ0v) is 11.9. The van der Waals surface area contributed by atoms with Crippen molar-refractivity contribution < 1.29 is 9.53 Å². The number of rotatable bonds is 3. The maximum absolute atomic E-state index is 11.8. The van der Waals surface area contributed by atoms with Crippen molar-refractivity contribution in [2.45, 2.75) is 13.5 Å². The second-order valence-corrected chi connectivity index (χ2v) is 4.76. The van der Waals surface area contributed by atoms with Crippen molar-refractivity contribution in [3.63, 3.8) is 0 Å². The van der Waals surface area contributed by atoms with E-state index in [0.29, 0.717) is 12.2 Å². The molecule has 21 heavy (non-hydrogen) atoms. The monoisotopic (exact) mass is 281 g/mol. The Hall–Kier alpha value is -2.69. The zero-order valence-electron chi connectivity index (χ0n) is 11.9. The van der Waals surface area contributed by atoms with E-state index >= 15 is 0 Å². The molecule has 2 aromatic heterocycles. The minimum Gasteiger partial charge on any atom is -0.464 e. The van der Waals surface area contributed by atoms with Gasteiger partial charge in [-0.05, 0) is 18.6 Å². The molecule has 0 saturated heterocycles. The van der Waals surface area contributed by atoms with Gasteiger partial charge in [0.1, 0.15) is 11.5 Å². The van der Waals surface area contributed by atoms with Gasteiger partial charge in [0.05, 0.1) is 25.4 Å². The summed E-state index contributed by atoms with van der Waals surface area (Å²) in [6.45, 7) is 2.40. The maximum Gasteiger partial charge on any atom is 0.356 e. The molecule has 5 heteroatoms. The Kier molecular flexibility index (Phi) is 3.39. The highest BCUT2D eigenvalue weighted by molar-refractivity contribution is 5.87. The van der Waals surface area contributed by atoms with E-state index in [1.807, 2.05) is 41.8 Å². The SMILES string of the molecule is COC(=O)c1cnc(C)n1Cc1cccc2cccnc12. The highest BCUT2D eigenvalue weighted by Gasteiger charge is 2.16. The summed E-state index contributed by atoms with van der Waals surface area (Å²) in [6.07, 6.45) is 3.31. The van der Waals surface area contributed by atoms with Crippen LogP contribution in [0.5, 0.6) is 0 Å². The van der Waals surface area contributed by atoms with E-state index in [0.717, 1.165) is 22.3 Å². The molecule has 0 unspecified atom stereocenters. The average molecular weight is 281 g/mol. The molecule has 0 N–H and O–H groups in total. The van der Waals surface area contributed by atoms with Crippen molar-refractivity contribution >= 4 is 16.9 Å². The predicted molar refractivity (Wildman–Crippen MR) is 79.1 cm³/mol. The van der Waals surface area contributed by atoms with Crippen LogP contribution in [0.1, 0.15) is 21.9 Å². The smallest absolute Gasteiger partial charge is 0.356 e. The summed E-state index contributed by atoms with van der Waals surface area (Å²) >= 11 is 0. The van der Waals surface area contributed by atoms with Crippen molar-refractivity contribution in [1.29, 1.82) is 0 Å². The number of carbonyl (C=O) groups is 1. The summed E-state index contributed by atoms with van der Waals surface area (Å²) in [4.78, 5) is 20.4. The summed E-state index contributed by atoms with van der Waals surface area (Å²) < 4.78 is 6.64. The molecule has 0 spiro atoms. The first-order chi connectivity index (χ1) is 10.2. The summed E-state index contributed by atoms with van der Waals surface area (Å²) in [6, 6.07) is 9.95. The Morgan fingerprint density at radius 1 is 1.24 bits per heavy atom. The van der Waals surface area contributed by atoms with E-state index in [1.165, 1.54) is 7.11 Å². The first-order valence-electron chi connectivity index (χ1n) is 6.64. The van der Waals surface area contributed by atoms with Gasteiger partial charge in [0.15, 0.2) is 0 Å². The van der Waals surface area contributed by atoms with Crippen molar-refractivity contribution in [2.24, 2.45) is 0 Å². The van der Waals surface area contributed by atoms with Crippen LogP contribution in [0.15, 0.2) is 42.7 Å². The van der Waals surface area contributed by atoms with E-state index in [9.17, 15) is 4.79 Å². The van der Waals surface area contributed by atoms with Gasteiger partial charge in [-0.2, -0.15) is 0 Å². The normalized spacial score (nSPS) is 10.8. The number of carbonyl (C=O) groups excluding carboxylic acids is 1. The quantitative estimate of drug-likeness (QED) is 0.692. The highest BCUT2D eigenvalue weighted by atomic mass is 16.5. The Balaban J connectivity index is 2.07. The largest absolute Gasteiger partial charge is 0.464 e. The van der Waals surface area contributed by atoms with E-state index in [1.54, 1.807) is 12.4 Å². The zero-order chi connectivity index (χ0) is 14.8. The number of benzene rings is 1. The number of hydrogen-bond acceptors (Lipinski definition) is 4. The molecule has 0 atom stereocenters. The van der Waals surface area contributed by atoms with Gasteiger partial charge in [-0.3, -0.25) is 4.98 Å². The predicted octanol–water partition coefficient (Wildman–Crippen LogP) is 2.57.